The summed E-state index contributed by atoms with van der Waals surface area (Å²) in [6, 6.07) is 1.86. The van der Waals surface area contributed by atoms with Gasteiger partial charge in [-0.05, 0) is 18.9 Å². The number of pyridine rings is 1. The van der Waals surface area contributed by atoms with Gasteiger partial charge in [0.25, 0.3) is 0 Å². The first kappa shape index (κ1) is 8.60. The van der Waals surface area contributed by atoms with Crippen molar-refractivity contribution in [2.24, 2.45) is 4.99 Å². The Kier molecular flexibility index (Phi) is 2.02. The second kappa shape index (κ2) is 3.05. The normalized spacial score (nSPS) is 17.6. The van der Waals surface area contributed by atoms with Crippen molar-refractivity contribution in [3.8, 4) is 0 Å². The van der Waals surface area contributed by atoms with E-state index in [4.69, 9.17) is 0 Å². The van der Waals surface area contributed by atoms with Crippen LogP contribution in [-0.2, 0) is 10.3 Å². The number of halogens is 1. The van der Waals surface area contributed by atoms with E-state index in [2.05, 4.69) is 25.9 Å². The Morgan fingerprint density at radius 2 is 2.38 bits per heavy atom. The Hall–Kier alpha value is -0.990. The first-order valence-electron chi connectivity index (χ1n) is 3.97. The van der Waals surface area contributed by atoms with Crippen LogP contribution in [-0.4, -0.2) is 11.1 Å². The van der Waals surface area contributed by atoms with Crippen molar-refractivity contribution in [2.45, 2.75) is 18.4 Å². The lowest BCUT2D eigenvalue weighted by Gasteiger charge is -2.08. The molecule has 1 saturated carbocycles. The van der Waals surface area contributed by atoms with E-state index < -0.39 is 0 Å². The van der Waals surface area contributed by atoms with Crippen molar-refractivity contribution < 1.29 is 4.79 Å². The van der Waals surface area contributed by atoms with Gasteiger partial charge in [0.2, 0.25) is 6.08 Å². The minimum atomic E-state index is -0.325. The second-order valence-electron chi connectivity index (χ2n) is 3.09. The number of hydrogen-bond donors (Lipinski definition) is 0. The van der Waals surface area contributed by atoms with Gasteiger partial charge in [-0.2, -0.15) is 4.99 Å². The van der Waals surface area contributed by atoms with Gasteiger partial charge in [-0.3, -0.25) is 4.98 Å². The molecule has 0 atom stereocenters. The minimum Gasteiger partial charge on any atom is -0.264 e. The van der Waals surface area contributed by atoms with Crippen molar-refractivity contribution in [1.82, 2.24) is 4.98 Å². The van der Waals surface area contributed by atoms with Crippen molar-refractivity contribution in [1.29, 1.82) is 0 Å². The third-order valence-electron chi connectivity index (χ3n) is 2.25. The van der Waals surface area contributed by atoms with Gasteiger partial charge in [-0.25, -0.2) is 4.79 Å². The van der Waals surface area contributed by atoms with E-state index in [1.54, 1.807) is 18.5 Å². The molecule has 1 fully saturated rings. The Morgan fingerprint density at radius 1 is 1.62 bits per heavy atom. The summed E-state index contributed by atoms with van der Waals surface area (Å²) in [6.45, 7) is 0. The molecule has 1 aromatic rings. The maximum Gasteiger partial charge on any atom is 0.235 e. The standard InChI is InChI=1S/C9H7BrN2O/c10-8-1-4-11-5-7(8)9(2-3-9)12-6-13/h1,4-5H,2-3H2. The molecule has 0 radical (unpaired) electrons. The fourth-order valence-electron chi connectivity index (χ4n) is 1.37. The largest absolute Gasteiger partial charge is 0.264 e. The van der Waals surface area contributed by atoms with Crippen LogP contribution in [0.15, 0.2) is 27.9 Å². The molecule has 0 N–H and O–H groups in total. The van der Waals surface area contributed by atoms with Crippen LogP contribution in [0.3, 0.4) is 0 Å². The Bertz CT molecular complexity index is 381. The van der Waals surface area contributed by atoms with Crippen molar-refractivity contribution in [2.75, 3.05) is 0 Å². The van der Waals surface area contributed by atoms with E-state index in [0.717, 1.165) is 22.9 Å². The first-order valence-corrected chi connectivity index (χ1v) is 4.77. The Balaban J connectivity index is 2.46. The molecule has 0 aliphatic heterocycles. The van der Waals surface area contributed by atoms with E-state index in [-0.39, 0.29) is 5.54 Å². The summed E-state index contributed by atoms with van der Waals surface area (Å²) in [4.78, 5) is 18.1. The molecule has 2 rings (SSSR count). The van der Waals surface area contributed by atoms with Crippen molar-refractivity contribution >= 4 is 22.0 Å². The van der Waals surface area contributed by atoms with Crippen LogP contribution in [0.4, 0.5) is 0 Å². The molecule has 0 spiro atoms. The lowest BCUT2D eigenvalue weighted by molar-refractivity contribution is 0.556. The molecule has 1 heterocycles. The van der Waals surface area contributed by atoms with Crippen LogP contribution in [0.1, 0.15) is 18.4 Å². The number of carbonyl (C=O) groups excluding carboxylic acids is 1. The second-order valence-corrected chi connectivity index (χ2v) is 3.94. The quantitative estimate of drug-likeness (QED) is 0.586. The lowest BCUT2D eigenvalue weighted by atomic mass is 10.1. The molecule has 1 aliphatic carbocycles. The number of aromatic nitrogens is 1. The zero-order chi connectivity index (χ0) is 9.31. The minimum absolute atomic E-state index is 0.325. The lowest BCUT2D eigenvalue weighted by Crippen LogP contribution is -2.03. The Morgan fingerprint density at radius 3 is 2.92 bits per heavy atom. The number of hydrogen-bond acceptors (Lipinski definition) is 3. The third kappa shape index (κ3) is 1.43. The van der Waals surface area contributed by atoms with Gasteiger partial charge in [0, 0.05) is 22.4 Å². The zero-order valence-corrected chi connectivity index (χ0v) is 8.41. The average Bonchev–Trinajstić information content (AvgIpc) is 2.87. The number of isocyanates is 1. The molecule has 0 bridgehead atoms. The Labute approximate surface area is 84.0 Å². The summed E-state index contributed by atoms with van der Waals surface area (Å²) < 4.78 is 0.957. The summed E-state index contributed by atoms with van der Waals surface area (Å²) in [5, 5.41) is 0. The molecule has 1 aromatic heterocycles. The number of nitrogens with zero attached hydrogens (tertiary/aromatic N) is 2. The summed E-state index contributed by atoms with van der Waals surface area (Å²) in [5.74, 6) is 0. The molecular weight excluding hydrogens is 232 g/mol. The van der Waals surface area contributed by atoms with Gasteiger partial charge < -0.3 is 0 Å². The van der Waals surface area contributed by atoms with Crippen LogP contribution < -0.4 is 0 Å². The van der Waals surface area contributed by atoms with E-state index in [9.17, 15) is 4.79 Å². The fourth-order valence-corrected chi connectivity index (χ4v) is 1.96. The molecule has 0 saturated heterocycles. The fraction of sp³-hybridized carbons (Fsp3) is 0.333. The molecular formula is C9H7BrN2O. The first-order chi connectivity index (χ1) is 6.28. The van der Waals surface area contributed by atoms with Crippen LogP contribution in [0.25, 0.3) is 0 Å². The predicted molar refractivity (Wildman–Crippen MR) is 51.0 cm³/mol. The van der Waals surface area contributed by atoms with E-state index in [1.807, 2.05) is 6.07 Å². The highest BCUT2D eigenvalue weighted by molar-refractivity contribution is 9.10. The average molecular weight is 239 g/mol. The summed E-state index contributed by atoms with van der Waals surface area (Å²) in [5.41, 5.74) is 0.660. The monoisotopic (exact) mass is 238 g/mol. The number of aliphatic imine (C=N–C) groups is 1. The summed E-state index contributed by atoms with van der Waals surface area (Å²) in [7, 11) is 0. The maximum atomic E-state index is 10.2. The van der Waals surface area contributed by atoms with Crippen LogP contribution in [0, 0.1) is 0 Å². The van der Waals surface area contributed by atoms with Gasteiger partial charge in [0.05, 0.1) is 0 Å². The topological polar surface area (TPSA) is 42.3 Å². The SMILES string of the molecule is O=C=NC1(c2cnccc2Br)CC1. The molecule has 0 aromatic carbocycles. The highest BCUT2D eigenvalue weighted by Gasteiger charge is 2.46. The van der Waals surface area contributed by atoms with Gasteiger partial charge in [-0.1, -0.05) is 15.9 Å². The maximum absolute atomic E-state index is 10.2. The molecule has 1 aliphatic rings. The predicted octanol–water partition coefficient (Wildman–Crippen LogP) is 2.17. The van der Waals surface area contributed by atoms with Gasteiger partial charge in [-0.15, -0.1) is 0 Å². The van der Waals surface area contributed by atoms with Gasteiger partial charge in [0.1, 0.15) is 5.54 Å². The molecule has 0 unspecified atom stereocenters. The van der Waals surface area contributed by atoms with Gasteiger partial charge in [0.15, 0.2) is 0 Å². The third-order valence-corrected chi connectivity index (χ3v) is 2.94. The van der Waals surface area contributed by atoms with E-state index in [1.165, 1.54) is 0 Å². The van der Waals surface area contributed by atoms with Crippen molar-refractivity contribution in [3.63, 3.8) is 0 Å². The highest BCUT2D eigenvalue weighted by Crippen LogP contribution is 2.50. The van der Waals surface area contributed by atoms with Crippen LogP contribution >= 0.6 is 15.9 Å². The molecule has 66 valence electrons. The molecule has 0 amide bonds. The molecule has 13 heavy (non-hydrogen) atoms. The van der Waals surface area contributed by atoms with E-state index >= 15 is 0 Å². The van der Waals surface area contributed by atoms with E-state index in [0.29, 0.717) is 0 Å². The highest BCUT2D eigenvalue weighted by atomic mass is 79.9. The summed E-state index contributed by atoms with van der Waals surface area (Å²) in [6.07, 6.45) is 6.89. The van der Waals surface area contributed by atoms with Crippen LogP contribution in [0.2, 0.25) is 0 Å². The molecule has 4 heteroatoms. The smallest absolute Gasteiger partial charge is 0.235 e. The zero-order valence-electron chi connectivity index (χ0n) is 6.83. The number of rotatable bonds is 2. The van der Waals surface area contributed by atoms with Gasteiger partial charge >= 0.3 is 0 Å². The molecule has 3 nitrogen and oxygen atoms in total. The van der Waals surface area contributed by atoms with Crippen LogP contribution in [0.5, 0.6) is 0 Å². The summed E-state index contributed by atoms with van der Waals surface area (Å²) >= 11 is 3.41. The van der Waals surface area contributed by atoms with Crippen molar-refractivity contribution in [3.05, 3.63) is 28.5 Å².